The Bertz CT molecular complexity index is 987. The van der Waals surface area contributed by atoms with Crippen molar-refractivity contribution >= 4 is 38.3 Å². The average molecular weight is 362 g/mol. The number of allylic oxidation sites excluding steroid dienone is 4. The van der Waals surface area contributed by atoms with E-state index in [-0.39, 0.29) is 5.78 Å². The second-order valence-corrected chi connectivity index (χ2v) is 7.59. The summed E-state index contributed by atoms with van der Waals surface area (Å²) in [5.74, 6) is 0.0637. The molecule has 0 atom stereocenters. The van der Waals surface area contributed by atoms with Gasteiger partial charge in [0.05, 0.1) is 15.6 Å². The van der Waals surface area contributed by atoms with Crippen molar-refractivity contribution in [3.05, 3.63) is 71.1 Å². The highest BCUT2D eigenvalue weighted by atomic mass is 32.1. The zero-order valence-electron chi connectivity index (χ0n) is 15.3. The zero-order valence-corrected chi connectivity index (χ0v) is 16.1. The summed E-state index contributed by atoms with van der Waals surface area (Å²) in [6.07, 6.45) is 11.9. The molecule has 0 radical (unpaired) electrons. The smallest absolute Gasteiger partial charge is 0.180 e. The Morgan fingerprint density at radius 3 is 2.62 bits per heavy atom. The molecule has 0 N–H and O–H groups in total. The minimum absolute atomic E-state index is 0.0637. The van der Waals surface area contributed by atoms with Crippen LogP contribution < -0.4 is 4.90 Å². The molecule has 0 amide bonds. The van der Waals surface area contributed by atoms with E-state index in [0.717, 1.165) is 23.7 Å². The number of nitrogens with zero attached hydrogens (tertiary/aromatic N) is 2. The highest BCUT2D eigenvalue weighted by Crippen LogP contribution is 2.32. The van der Waals surface area contributed by atoms with Crippen molar-refractivity contribution in [2.24, 2.45) is 0 Å². The van der Waals surface area contributed by atoms with Crippen LogP contribution in [0.15, 0.2) is 60.0 Å². The van der Waals surface area contributed by atoms with E-state index in [2.05, 4.69) is 67.0 Å². The van der Waals surface area contributed by atoms with Gasteiger partial charge in [-0.1, -0.05) is 17.7 Å². The summed E-state index contributed by atoms with van der Waals surface area (Å²) in [7, 11) is 1.73. The average Bonchev–Trinajstić information content (AvgIpc) is 2.97. The van der Waals surface area contributed by atoms with Crippen LogP contribution in [0, 0.1) is 6.92 Å². The van der Waals surface area contributed by atoms with E-state index in [1.54, 1.807) is 23.1 Å². The Hall–Kier alpha value is -2.59. The summed E-state index contributed by atoms with van der Waals surface area (Å²) in [6, 6.07) is 6.60. The van der Waals surface area contributed by atoms with Crippen LogP contribution in [0.5, 0.6) is 0 Å². The Labute approximate surface area is 158 Å². The van der Waals surface area contributed by atoms with Crippen molar-refractivity contribution in [1.82, 2.24) is 4.90 Å². The fourth-order valence-electron chi connectivity index (χ4n) is 3.58. The molecule has 0 saturated carbocycles. The Balaban J connectivity index is 1.76. The first-order valence-corrected chi connectivity index (χ1v) is 9.83. The molecule has 26 heavy (non-hydrogen) atoms. The summed E-state index contributed by atoms with van der Waals surface area (Å²) >= 11 is 0. The van der Waals surface area contributed by atoms with Crippen molar-refractivity contribution < 1.29 is 4.79 Å². The SMILES string of the molecule is CCN1C2=CC(=O)C=CC2=S=C1C=C1C=Cc2cc(C)ccc2N1CC. The number of carbonyl (C=O) groups excluding carboxylic acids is 1. The van der Waals surface area contributed by atoms with Gasteiger partial charge in [-0.25, -0.2) is 0 Å². The number of benzene rings is 1. The van der Waals surface area contributed by atoms with Crippen LogP contribution in [0.25, 0.3) is 6.08 Å². The molecule has 0 fully saturated rings. The molecule has 132 valence electrons. The molecule has 2 aliphatic heterocycles. The van der Waals surface area contributed by atoms with Crippen LogP contribution in [0.1, 0.15) is 25.0 Å². The van der Waals surface area contributed by atoms with Crippen LogP contribution >= 0.6 is 10.9 Å². The normalized spacial score (nSPS) is 19.7. The van der Waals surface area contributed by atoms with Gasteiger partial charge in [0.25, 0.3) is 0 Å². The van der Waals surface area contributed by atoms with Gasteiger partial charge in [-0.2, -0.15) is 0 Å². The van der Waals surface area contributed by atoms with Gasteiger partial charge in [0.15, 0.2) is 5.78 Å². The number of ketones is 1. The quantitative estimate of drug-likeness (QED) is 0.597. The molecule has 4 heteroatoms. The van der Waals surface area contributed by atoms with E-state index in [4.69, 9.17) is 0 Å². The summed E-state index contributed by atoms with van der Waals surface area (Å²) < 4.78 is 0. The number of fused-ring (bicyclic) bond motifs is 2. The summed E-state index contributed by atoms with van der Waals surface area (Å²) in [5, 5.41) is 0. The van der Waals surface area contributed by atoms with Crippen LogP contribution in [0.2, 0.25) is 0 Å². The maximum absolute atomic E-state index is 11.8. The number of likely N-dealkylation sites (N-methyl/N-ethyl adjacent to an activating group) is 2. The molecule has 0 spiro atoms. The molecule has 0 aromatic heterocycles. The van der Waals surface area contributed by atoms with E-state index in [0.29, 0.717) is 0 Å². The van der Waals surface area contributed by atoms with Gasteiger partial charge in [0.1, 0.15) is 0 Å². The first kappa shape index (κ1) is 16.9. The third-order valence-corrected chi connectivity index (χ3v) is 5.94. The van der Waals surface area contributed by atoms with Gasteiger partial charge in [0.2, 0.25) is 0 Å². The van der Waals surface area contributed by atoms with Gasteiger partial charge in [-0.05, 0) is 62.8 Å². The lowest BCUT2D eigenvalue weighted by atomic mass is 10.0. The van der Waals surface area contributed by atoms with Gasteiger partial charge in [0, 0.05) is 30.5 Å². The lowest BCUT2D eigenvalue weighted by Crippen LogP contribution is -2.30. The molecule has 4 rings (SSSR count). The number of rotatable bonds is 3. The molecule has 3 aliphatic rings. The van der Waals surface area contributed by atoms with Gasteiger partial charge in [-0.3, -0.25) is 4.79 Å². The monoisotopic (exact) mass is 362 g/mol. The molecular weight excluding hydrogens is 340 g/mol. The number of aryl methyl sites for hydroxylation is 1. The number of hydrogen-bond acceptors (Lipinski definition) is 3. The standard InChI is InChI=1S/C22H22N2OS/c1-4-23-17(8-7-16-12-15(3)6-10-19(16)23)13-22-24(5-2)20-14-18(25)9-11-21(20)26-22/h6-14H,4-5H2,1-3H3. The molecule has 1 aliphatic carbocycles. The minimum Gasteiger partial charge on any atom is -0.341 e. The summed E-state index contributed by atoms with van der Waals surface area (Å²) in [5.41, 5.74) is 5.99. The molecule has 0 unspecified atom stereocenters. The lowest BCUT2D eigenvalue weighted by molar-refractivity contribution is -0.110. The van der Waals surface area contributed by atoms with E-state index >= 15 is 0 Å². The zero-order chi connectivity index (χ0) is 18.3. The molecule has 0 saturated heterocycles. The van der Waals surface area contributed by atoms with Crippen LogP contribution in [-0.2, 0) is 4.79 Å². The van der Waals surface area contributed by atoms with E-state index < -0.39 is 0 Å². The number of anilines is 1. The van der Waals surface area contributed by atoms with Crippen molar-refractivity contribution in [2.75, 3.05) is 18.0 Å². The predicted octanol–water partition coefficient (Wildman–Crippen LogP) is 4.13. The van der Waals surface area contributed by atoms with Crippen molar-refractivity contribution in [1.29, 1.82) is 0 Å². The molecule has 0 bridgehead atoms. The van der Waals surface area contributed by atoms with Crippen molar-refractivity contribution in [2.45, 2.75) is 20.8 Å². The van der Waals surface area contributed by atoms with Gasteiger partial charge >= 0.3 is 0 Å². The van der Waals surface area contributed by atoms with Gasteiger partial charge in [-0.15, -0.1) is 10.9 Å². The van der Waals surface area contributed by atoms with Crippen LogP contribution in [-0.4, -0.2) is 33.6 Å². The fourth-order valence-corrected chi connectivity index (χ4v) is 4.73. The molecule has 2 heterocycles. The van der Waals surface area contributed by atoms with Gasteiger partial charge < -0.3 is 9.80 Å². The van der Waals surface area contributed by atoms with Crippen molar-refractivity contribution in [3.63, 3.8) is 0 Å². The minimum atomic E-state index is 0.0637. The number of hydrogen-bond donors (Lipinski definition) is 0. The lowest BCUT2D eigenvalue weighted by Gasteiger charge is -2.30. The topological polar surface area (TPSA) is 23.6 Å². The maximum atomic E-state index is 11.8. The molecular formula is C22H22N2OS. The summed E-state index contributed by atoms with van der Waals surface area (Å²) in [6.45, 7) is 8.18. The fraction of sp³-hybridized carbons (Fsp3) is 0.227. The number of carbonyl (C=O) groups is 1. The highest BCUT2D eigenvalue weighted by molar-refractivity contribution is 7.99. The van der Waals surface area contributed by atoms with E-state index in [9.17, 15) is 4.79 Å². The first-order valence-electron chi connectivity index (χ1n) is 9.02. The predicted molar refractivity (Wildman–Crippen MR) is 114 cm³/mol. The first-order chi connectivity index (χ1) is 12.6. The third kappa shape index (κ3) is 2.80. The second kappa shape index (κ2) is 6.61. The summed E-state index contributed by atoms with van der Waals surface area (Å²) in [4.78, 5) is 18.7. The van der Waals surface area contributed by atoms with E-state index in [1.165, 1.54) is 27.5 Å². The molecule has 3 nitrogen and oxygen atoms in total. The van der Waals surface area contributed by atoms with E-state index in [1.807, 2.05) is 6.08 Å². The Morgan fingerprint density at radius 1 is 1.04 bits per heavy atom. The maximum Gasteiger partial charge on any atom is 0.180 e. The molecule has 1 aromatic rings. The third-order valence-electron chi connectivity index (χ3n) is 4.82. The van der Waals surface area contributed by atoms with Crippen LogP contribution in [0.4, 0.5) is 5.69 Å². The molecule has 1 aromatic carbocycles. The Kier molecular flexibility index (Phi) is 4.29. The second-order valence-electron chi connectivity index (χ2n) is 6.52. The largest absolute Gasteiger partial charge is 0.341 e. The van der Waals surface area contributed by atoms with Crippen LogP contribution in [0.3, 0.4) is 0 Å². The highest BCUT2D eigenvalue weighted by Gasteiger charge is 2.25. The van der Waals surface area contributed by atoms with Crippen molar-refractivity contribution in [3.8, 4) is 0 Å². The Morgan fingerprint density at radius 2 is 1.85 bits per heavy atom.